The van der Waals surface area contributed by atoms with Gasteiger partial charge in [0.2, 0.25) is 0 Å². The van der Waals surface area contributed by atoms with E-state index in [4.69, 9.17) is 15.2 Å². The topological polar surface area (TPSA) is 96.3 Å². The molecule has 1 amide bonds. The molecule has 0 heterocycles. The van der Waals surface area contributed by atoms with E-state index in [2.05, 4.69) is 40.7 Å². The van der Waals surface area contributed by atoms with Crippen LogP contribution in [0.3, 0.4) is 0 Å². The summed E-state index contributed by atoms with van der Waals surface area (Å²) in [4.78, 5) is 14.4. The maximum atomic E-state index is 12.6. The van der Waals surface area contributed by atoms with Crippen LogP contribution in [-0.2, 0) is 16.7 Å². The van der Waals surface area contributed by atoms with Crippen LogP contribution in [0, 0.1) is 0 Å². The van der Waals surface area contributed by atoms with Gasteiger partial charge in [0.1, 0.15) is 11.4 Å². The lowest BCUT2D eigenvalue weighted by atomic mass is 9.85. The van der Waals surface area contributed by atoms with Crippen molar-refractivity contribution in [3.05, 3.63) is 23.3 Å². The first kappa shape index (κ1) is 27.0. The monoisotopic (exact) mass is 410 g/mol. The van der Waals surface area contributed by atoms with Crippen LogP contribution >= 0.6 is 0 Å². The number of hydrogen-bond acceptors (Lipinski definition) is 4. The summed E-state index contributed by atoms with van der Waals surface area (Å²) in [7, 11) is 1.61. The third kappa shape index (κ3) is 8.52. The van der Waals surface area contributed by atoms with Crippen LogP contribution in [0.5, 0.6) is 5.75 Å². The third-order valence-electron chi connectivity index (χ3n) is 4.22. The first-order valence-corrected chi connectivity index (χ1v) is 10.3. The molecular weight excluding hydrogens is 368 g/mol. The number of amides is 1. The number of carbonyl (C=O) groups excluding carboxylic acids is 1. The highest BCUT2D eigenvalue weighted by Gasteiger charge is 2.36. The van der Waals surface area contributed by atoms with Gasteiger partial charge in [-0.25, -0.2) is 4.79 Å². The molecule has 0 saturated heterocycles. The Kier molecular flexibility index (Phi) is 10.00. The molecule has 1 aliphatic carbocycles. The lowest BCUT2D eigenvalue weighted by Gasteiger charge is -2.29. The zero-order valence-corrected chi connectivity index (χ0v) is 19.8. The van der Waals surface area contributed by atoms with E-state index in [0.717, 1.165) is 24.0 Å². The van der Waals surface area contributed by atoms with Gasteiger partial charge in [-0.15, -0.1) is 0 Å². The minimum absolute atomic E-state index is 0. The summed E-state index contributed by atoms with van der Waals surface area (Å²) >= 11 is 0. The normalized spacial score (nSPS) is 13.6. The Morgan fingerprint density at radius 1 is 1.14 bits per heavy atom. The Morgan fingerprint density at radius 2 is 1.66 bits per heavy atom. The molecule has 1 aromatic carbocycles. The smallest absolute Gasteiger partial charge is 0.410 e. The van der Waals surface area contributed by atoms with Crippen LogP contribution in [-0.4, -0.2) is 35.2 Å². The summed E-state index contributed by atoms with van der Waals surface area (Å²) in [6.07, 6.45) is 2.99. The standard InChI is InChI=1S/C20H32N2O3.C3H8.H2O/c1-19(2,3)14-10-13(17(24-7)16(21)11-14)12-22(15-8-9-15)18(23)25-20(4,5)6;1-3-2;/h10-11,15H,8-9,12,21H2,1-7H3;3H2,1-2H3;1H2. The van der Waals surface area contributed by atoms with Gasteiger partial charge in [-0.3, -0.25) is 0 Å². The fraction of sp³-hybridized carbons (Fsp3) is 0.696. The lowest BCUT2D eigenvalue weighted by Crippen LogP contribution is -2.38. The SMILES string of the molecule is CCC.COc1c(N)cc(C(C)(C)C)cc1CN(C(=O)OC(C)(C)C)C1CC1.O. The molecule has 0 spiro atoms. The highest BCUT2D eigenvalue weighted by molar-refractivity contribution is 5.70. The molecule has 168 valence electrons. The Bertz CT molecular complexity index is 656. The summed E-state index contributed by atoms with van der Waals surface area (Å²) < 4.78 is 11.1. The van der Waals surface area contributed by atoms with Crippen LogP contribution < -0.4 is 10.5 Å². The molecule has 2 rings (SSSR count). The van der Waals surface area contributed by atoms with Crippen molar-refractivity contribution >= 4 is 11.8 Å². The van der Waals surface area contributed by atoms with Crippen LogP contribution in [0.25, 0.3) is 0 Å². The molecule has 6 heteroatoms. The molecule has 0 aliphatic heterocycles. The van der Waals surface area contributed by atoms with Crippen LogP contribution in [0.4, 0.5) is 10.5 Å². The van der Waals surface area contributed by atoms with E-state index in [9.17, 15) is 4.79 Å². The molecular formula is C23H42N2O4. The Balaban J connectivity index is 0.00000184. The highest BCUT2D eigenvalue weighted by Crippen LogP contribution is 2.37. The van der Waals surface area contributed by atoms with Crippen molar-refractivity contribution in [1.82, 2.24) is 4.90 Å². The van der Waals surface area contributed by atoms with Crippen molar-refractivity contribution in [2.75, 3.05) is 12.8 Å². The first-order chi connectivity index (χ1) is 12.8. The van der Waals surface area contributed by atoms with E-state index in [1.165, 1.54) is 6.42 Å². The molecule has 0 radical (unpaired) electrons. The minimum Gasteiger partial charge on any atom is -0.494 e. The molecule has 0 bridgehead atoms. The zero-order valence-electron chi connectivity index (χ0n) is 19.8. The number of nitrogens with two attached hydrogens (primary N) is 1. The third-order valence-corrected chi connectivity index (χ3v) is 4.22. The van der Waals surface area contributed by atoms with Crippen LogP contribution in [0.15, 0.2) is 12.1 Å². The highest BCUT2D eigenvalue weighted by atomic mass is 16.6. The minimum atomic E-state index is -0.513. The number of ether oxygens (including phenoxy) is 2. The van der Waals surface area contributed by atoms with Crippen LogP contribution in [0.2, 0.25) is 0 Å². The fourth-order valence-corrected chi connectivity index (χ4v) is 2.75. The number of nitrogens with zero attached hydrogens (tertiary/aromatic N) is 1. The predicted octanol–water partition coefficient (Wildman–Crippen LogP) is 5.07. The van der Waals surface area contributed by atoms with E-state index < -0.39 is 5.60 Å². The average Bonchev–Trinajstić information content (AvgIpc) is 3.35. The predicted molar refractivity (Wildman–Crippen MR) is 120 cm³/mol. The van der Waals surface area contributed by atoms with E-state index in [1.807, 2.05) is 26.8 Å². The van der Waals surface area contributed by atoms with Gasteiger partial charge >= 0.3 is 6.09 Å². The maximum Gasteiger partial charge on any atom is 0.410 e. The lowest BCUT2D eigenvalue weighted by molar-refractivity contribution is 0.0215. The number of nitrogen functional groups attached to an aromatic ring is 1. The van der Waals surface area contributed by atoms with E-state index in [-0.39, 0.29) is 23.0 Å². The van der Waals surface area contributed by atoms with Crippen molar-refractivity contribution < 1.29 is 19.7 Å². The first-order valence-electron chi connectivity index (χ1n) is 10.3. The van der Waals surface area contributed by atoms with Crippen LogP contribution in [0.1, 0.15) is 85.8 Å². The van der Waals surface area contributed by atoms with Gasteiger partial charge in [0.05, 0.1) is 19.3 Å². The quantitative estimate of drug-likeness (QED) is 0.701. The molecule has 6 nitrogen and oxygen atoms in total. The van der Waals surface area contributed by atoms with Crippen molar-refractivity contribution in [2.45, 2.75) is 98.3 Å². The van der Waals surface area contributed by atoms with Crippen molar-refractivity contribution in [3.8, 4) is 5.75 Å². The Labute approximate surface area is 177 Å². The number of rotatable bonds is 4. The number of methoxy groups -OCH3 is 1. The second-order valence-corrected chi connectivity index (χ2v) is 9.55. The fourth-order valence-electron chi connectivity index (χ4n) is 2.75. The molecule has 29 heavy (non-hydrogen) atoms. The van der Waals surface area contributed by atoms with E-state index in [0.29, 0.717) is 18.0 Å². The summed E-state index contributed by atoms with van der Waals surface area (Å²) in [6.45, 7) is 16.8. The van der Waals surface area contributed by atoms with Gasteiger partial charge < -0.3 is 25.6 Å². The van der Waals surface area contributed by atoms with Gasteiger partial charge in [0, 0.05) is 11.6 Å². The second kappa shape index (κ2) is 10.7. The molecule has 1 aliphatic rings. The Morgan fingerprint density at radius 3 is 2.03 bits per heavy atom. The molecule has 1 saturated carbocycles. The van der Waals surface area contributed by atoms with Gasteiger partial charge in [0.25, 0.3) is 0 Å². The van der Waals surface area contributed by atoms with Crippen molar-refractivity contribution in [3.63, 3.8) is 0 Å². The average molecular weight is 411 g/mol. The van der Waals surface area contributed by atoms with E-state index >= 15 is 0 Å². The largest absolute Gasteiger partial charge is 0.494 e. The summed E-state index contributed by atoms with van der Waals surface area (Å²) in [5, 5.41) is 0. The molecule has 4 N–H and O–H groups in total. The van der Waals surface area contributed by atoms with Crippen molar-refractivity contribution in [2.24, 2.45) is 0 Å². The van der Waals surface area contributed by atoms with Gasteiger partial charge in [-0.2, -0.15) is 0 Å². The van der Waals surface area contributed by atoms with Gasteiger partial charge in [0.15, 0.2) is 0 Å². The maximum absolute atomic E-state index is 12.6. The van der Waals surface area contributed by atoms with Gasteiger partial charge in [-0.1, -0.05) is 41.0 Å². The molecule has 0 aromatic heterocycles. The summed E-state index contributed by atoms with van der Waals surface area (Å²) in [5.41, 5.74) is 8.31. The summed E-state index contributed by atoms with van der Waals surface area (Å²) in [6, 6.07) is 4.28. The Hall–Kier alpha value is -1.95. The number of hydrogen-bond donors (Lipinski definition) is 1. The number of carbonyl (C=O) groups is 1. The summed E-state index contributed by atoms with van der Waals surface area (Å²) in [5.74, 6) is 0.641. The second-order valence-electron chi connectivity index (χ2n) is 9.55. The molecule has 0 atom stereocenters. The number of benzene rings is 1. The molecule has 0 unspecified atom stereocenters. The number of anilines is 1. The van der Waals surface area contributed by atoms with Gasteiger partial charge in [-0.05, 0) is 56.7 Å². The zero-order chi connectivity index (χ0) is 21.7. The molecule has 1 aromatic rings. The van der Waals surface area contributed by atoms with E-state index in [1.54, 1.807) is 12.0 Å². The molecule has 1 fully saturated rings. The van der Waals surface area contributed by atoms with Crippen molar-refractivity contribution in [1.29, 1.82) is 0 Å².